The van der Waals surface area contributed by atoms with E-state index in [2.05, 4.69) is 46.8 Å². The Hall–Kier alpha value is -1.02. The molecule has 108 valence electrons. The van der Waals surface area contributed by atoms with Crippen molar-refractivity contribution in [3.8, 4) is 5.75 Å². The molecular formula is C17H28O2. The minimum atomic E-state index is -0.186. The van der Waals surface area contributed by atoms with Crippen LogP contribution in [-0.2, 0) is 4.74 Å². The van der Waals surface area contributed by atoms with E-state index in [1.165, 1.54) is 5.56 Å². The molecule has 0 aliphatic rings. The number of benzene rings is 1. The second-order valence-electron chi connectivity index (χ2n) is 6.43. The van der Waals surface area contributed by atoms with Gasteiger partial charge in [-0.2, -0.15) is 0 Å². The van der Waals surface area contributed by atoms with E-state index >= 15 is 0 Å². The second-order valence-corrected chi connectivity index (χ2v) is 6.43. The highest BCUT2D eigenvalue weighted by atomic mass is 16.7. The van der Waals surface area contributed by atoms with Crippen LogP contribution in [0.4, 0.5) is 0 Å². The van der Waals surface area contributed by atoms with E-state index < -0.39 is 0 Å². The van der Waals surface area contributed by atoms with E-state index in [9.17, 15) is 0 Å². The summed E-state index contributed by atoms with van der Waals surface area (Å²) in [5.74, 6) is 1.48. The molecular weight excluding hydrogens is 236 g/mol. The van der Waals surface area contributed by atoms with Gasteiger partial charge in [-0.15, -0.1) is 0 Å². The highest BCUT2D eigenvalue weighted by Crippen LogP contribution is 2.26. The first-order valence-corrected chi connectivity index (χ1v) is 7.15. The Morgan fingerprint density at radius 2 is 1.68 bits per heavy atom. The maximum atomic E-state index is 5.89. The van der Waals surface area contributed by atoms with E-state index in [1.807, 2.05) is 12.1 Å². The SMILES string of the molecule is CCC(C)c1ccc(OC(CC(C)(C)C)OC)cc1. The molecule has 0 saturated heterocycles. The predicted octanol–water partition coefficient (Wildman–Crippen LogP) is 4.99. The lowest BCUT2D eigenvalue weighted by atomic mass is 9.92. The molecule has 0 saturated carbocycles. The predicted molar refractivity (Wildman–Crippen MR) is 80.6 cm³/mol. The molecule has 0 aliphatic carbocycles. The minimum Gasteiger partial charge on any atom is -0.465 e. The van der Waals surface area contributed by atoms with E-state index in [1.54, 1.807) is 7.11 Å². The van der Waals surface area contributed by atoms with Gasteiger partial charge in [0.1, 0.15) is 5.75 Å². The van der Waals surface area contributed by atoms with Crippen LogP contribution < -0.4 is 4.74 Å². The number of rotatable bonds is 6. The van der Waals surface area contributed by atoms with Crippen LogP contribution in [0.1, 0.15) is 58.9 Å². The zero-order valence-electron chi connectivity index (χ0n) is 13.2. The van der Waals surface area contributed by atoms with Crippen LogP contribution in [0.5, 0.6) is 5.75 Å². The summed E-state index contributed by atoms with van der Waals surface area (Å²) in [6, 6.07) is 8.37. The summed E-state index contributed by atoms with van der Waals surface area (Å²) in [7, 11) is 1.70. The average molecular weight is 264 g/mol. The molecule has 0 fully saturated rings. The second kappa shape index (κ2) is 6.95. The molecule has 0 aliphatic heterocycles. The Morgan fingerprint density at radius 1 is 1.11 bits per heavy atom. The average Bonchev–Trinajstić information content (AvgIpc) is 2.36. The van der Waals surface area contributed by atoms with Gasteiger partial charge in [-0.05, 0) is 35.4 Å². The summed E-state index contributed by atoms with van der Waals surface area (Å²) < 4.78 is 11.3. The highest BCUT2D eigenvalue weighted by Gasteiger charge is 2.19. The fraction of sp³-hybridized carbons (Fsp3) is 0.647. The lowest BCUT2D eigenvalue weighted by Crippen LogP contribution is -2.25. The number of hydrogen-bond donors (Lipinski definition) is 0. The maximum Gasteiger partial charge on any atom is 0.200 e. The molecule has 2 nitrogen and oxygen atoms in total. The van der Waals surface area contributed by atoms with Crippen LogP contribution in [0.25, 0.3) is 0 Å². The standard InChI is InChI=1S/C17H28O2/c1-7-13(2)14-8-10-15(11-9-14)19-16(18-6)12-17(3,4)5/h8-11,13,16H,7,12H2,1-6H3. The van der Waals surface area contributed by atoms with E-state index in [0.29, 0.717) is 5.92 Å². The van der Waals surface area contributed by atoms with Crippen LogP contribution in [-0.4, -0.2) is 13.4 Å². The smallest absolute Gasteiger partial charge is 0.200 e. The summed E-state index contributed by atoms with van der Waals surface area (Å²) in [4.78, 5) is 0. The molecule has 0 bridgehead atoms. The monoisotopic (exact) mass is 264 g/mol. The molecule has 1 rings (SSSR count). The van der Waals surface area contributed by atoms with Gasteiger partial charge in [0.2, 0.25) is 0 Å². The van der Waals surface area contributed by atoms with Gasteiger partial charge in [0.05, 0.1) is 0 Å². The Bertz CT molecular complexity index is 362. The van der Waals surface area contributed by atoms with Gasteiger partial charge in [-0.25, -0.2) is 0 Å². The fourth-order valence-electron chi connectivity index (χ4n) is 1.94. The summed E-state index contributed by atoms with van der Waals surface area (Å²) in [6.07, 6.45) is 1.84. The third-order valence-electron chi connectivity index (χ3n) is 3.37. The van der Waals surface area contributed by atoms with Crippen molar-refractivity contribution in [3.63, 3.8) is 0 Å². The fourth-order valence-corrected chi connectivity index (χ4v) is 1.94. The van der Waals surface area contributed by atoms with Crippen molar-refractivity contribution in [3.05, 3.63) is 29.8 Å². The molecule has 2 unspecified atom stereocenters. The van der Waals surface area contributed by atoms with Crippen molar-refractivity contribution in [2.24, 2.45) is 5.41 Å². The molecule has 0 N–H and O–H groups in total. The van der Waals surface area contributed by atoms with Crippen molar-refractivity contribution >= 4 is 0 Å². The van der Waals surface area contributed by atoms with Crippen molar-refractivity contribution in [2.45, 2.75) is 59.7 Å². The Kier molecular flexibility index (Phi) is 5.86. The van der Waals surface area contributed by atoms with Gasteiger partial charge < -0.3 is 9.47 Å². The molecule has 2 heteroatoms. The molecule has 0 aromatic heterocycles. The largest absolute Gasteiger partial charge is 0.465 e. The van der Waals surface area contributed by atoms with Crippen LogP contribution >= 0.6 is 0 Å². The maximum absolute atomic E-state index is 5.89. The highest BCUT2D eigenvalue weighted by molar-refractivity contribution is 5.29. The zero-order chi connectivity index (χ0) is 14.5. The van der Waals surface area contributed by atoms with Gasteiger partial charge in [0, 0.05) is 13.5 Å². The van der Waals surface area contributed by atoms with Gasteiger partial charge >= 0.3 is 0 Å². The van der Waals surface area contributed by atoms with Crippen molar-refractivity contribution in [2.75, 3.05) is 7.11 Å². The van der Waals surface area contributed by atoms with Crippen LogP contribution in [0, 0.1) is 5.41 Å². The Morgan fingerprint density at radius 3 is 2.11 bits per heavy atom. The lowest BCUT2D eigenvalue weighted by molar-refractivity contribution is -0.0756. The Labute approximate surface area is 118 Å². The summed E-state index contributed by atoms with van der Waals surface area (Å²) in [6.45, 7) is 11.0. The molecule has 19 heavy (non-hydrogen) atoms. The quantitative estimate of drug-likeness (QED) is 0.674. The summed E-state index contributed by atoms with van der Waals surface area (Å²) >= 11 is 0. The first-order chi connectivity index (χ1) is 8.85. The van der Waals surface area contributed by atoms with Crippen molar-refractivity contribution in [1.82, 2.24) is 0 Å². The van der Waals surface area contributed by atoms with Gasteiger partial charge in [0.25, 0.3) is 0 Å². The summed E-state index contributed by atoms with van der Waals surface area (Å²) in [5, 5.41) is 0. The molecule has 1 aromatic rings. The topological polar surface area (TPSA) is 18.5 Å². The zero-order valence-corrected chi connectivity index (χ0v) is 13.2. The number of hydrogen-bond acceptors (Lipinski definition) is 2. The molecule has 0 spiro atoms. The number of ether oxygens (including phenoxy) is 2. The first-order valence-electron chi connectivity index (χ1n) is 7.15. The van der Waals surface area contributed by atoms with Crippen molar-refractivity contribution < 1.29 is 9.47 Å². The van der Waals surface area contributed by atoms with E-state index in [-0.39, 0.29) is 11.7 Å². The van der Waals surface area contributed by atoms with Crippen LogP contribution in [0.3, 0.4) is 0 Å². The normalized spacial score (nSPS) is 15.1. The minimum absolute atomic E-state index is 0.186. The molecule has 1 aromatic carbocycles. The molecule has 0 radical (unpaired) electrons. The third kappa shape index (κ3) is 5.65. The lowest BCUT2D eigenvalue weighted by Gasteiger charge is -2.25. The first kappa shape index (κ1) is 16.0. The van der Waals surface area contributed by atoms with Crippen LogP contribution in [0.15, 0.2) is 24.3 Å². The van der Waals surface area contributed by atoms with Crippen LogP contribution in [0.2, 0.25) is 0 Å². The van der Waals surface area contributed by atoms with Gasteiger partial charge in [-0.1, -0.05) is 46.8 Å². The van der Waals surface area contributed by atoms with Crippen molar-refractivity contribution in [1.29, 1.82) is 0 Å². The summed E-state index contributed by atoms with van der Waals surface area (Å²) in [5.41, 5.74) is 1.55. The van der Waals surface area contributed by atoms with E-state index in [0.717, 1.165) is 18.6 Å². The Balaban J connectivity index is 2.65. The third-order valence-corrected chi connectivity index (χ3v) is 3.37. The molecule has 2 atom stereocenters. The van der Waals surface area contributed by atoms with Gasteiger partial charge in [-0.3, -0.25) is 0 Å². The van der Waals surface area contributed by atoms with Gasteiger partial charge in [0.15, 0.2) is 6.29 Å². The molecule has 0 heterocycles. The van der Waals surface area contributed by atoms with E-state index in [4.69, 9.17) is 9.47 Å². The molecule has 0 amide bonds. The number of methoxy groups -OCH3 is 1.